The Hall–Kier alpha value is -2.41. The molecule has 1 aromatic carbocycles. The average molecular weight is 350 g/mol. The van der Waals surface area contributed by atoms with Crippen molar-refractivity contribution in [2.24, 2.45) is 0 Å². The fourth-order valence-electron chi connectivity index (χ4n) is 1.68. The highest BCUT2D eigenvalue weighted by atomic mass is 79.9. The van der Waals surface area contributed by atoms with Gasteiger partial charge in [0.15, 0.2) is 0 Å². The Morgan fingerprint density at radius 2 is 1.86 bits per heavy atom. The zero-order valence-corrected chi connectivity index (χ0v) is 12.6. The number of amides is 2. The fraction of sp³-hybridized carbons (Fsp3) is 0.0714. The molecule has 0 fully saturated rings. The Balaban J connectivity index is 2.09. The molecule has 1 heterocycles. The van der Waals surface area contributed by atoms with E-state index in [4.69, 9.17) is 5.11 Å². The molecule has 7 heteroatoms. The smallest absolute Gasteiger partial charge is 0.336 e. The van der Waals surface area contributed by atoms with Crippen LogP contribution in [0.25, 0.3) is 0 Å². The molecule has 0 bridgehead atoms. The molecule has 108 valence electrons. The SMILES string of the molecule is Cc1cncc(NC(=O)Nc2ccc(Br)c(C(=O)O)c2)c1. The summed E-state index contributed by atoms with van der Waals surface area (Å²) in [6, 6.07) is 5.84. The van der Waals surface area contributed by atoms with E-state index in [2.05, 4.69) is 31.5 Å². The number of rotatable bonds is 3. The van der Waals surface area contributed by atoms with Crippen molar-refractivity contribution >= 4 is 39.3 Å². The summed E-state index contributed by atoms with van der Waals surface area (Å²) in [6.45, 7) is 1.87. The van der Waals surface area contributed by atoms with Gasteiger partial charge in [-0.3, -0.25) is 4.98 Å². The topological polar surface area (TPSA) is 91.3 Å². The van der Waals surface area contributed by atoms with Crippen LogP contribution < -0.4 is 10.6 Å². The van der Waals surface area contributed by atoms with Crippen molar-refractivity contribution in [1.29, 1.82) is 0 Å². The second-order valence-electron chi connectivity index (χ2n) is 4.33. The second-order valence-corrected chi connectivity index (χ2v) is 5.18. The summed E-state index contributed by atoms with van der Waals surface area (Å²) >= 11 is 3.14. The summed E-state index contributed by atoms with van der Waals surface area (Å²) in [4.78, 5) is 26.8. The van der Waals surface area contributed by atoms with Crippen molar-refractivity contribution < 1.29 is 14.7 Å². The zero-order valence-electron chi connectivity index (χ0n) is 11.1. The number of aryl methyl sites for hydroxylation is 1. The number of carboxylic acids is 1. The van der Waals surface area contributed by atoms with Crippen molar-refractivity contribution in [3.05, 3.63) is 52.3 Å². The Labute approximate surface area is 129 Å². The Kier molecular flexibility index (Phi) is 4.54. The monoisotopic (exact) mass is 349 g/mol. The number of nitrogens with zero attached hydrogens (tertiary/aromatic N) is 1. The number of nitrogens with one attached hydrogen (secondary N) is 2. The minimum Gasteiger partial charge on any atom is -0.478 e. The number of hydrogen-bond acceptors (Lipinski definition) is 3. The summed E-state index contributed by atoms with van der Waals surface area (Å²) in [5.74, 6) is -1.08. The number of carbonyl (C=O) groups excluding carboxylic acids is 1. The van der Waals surface area contributed by atoms with Crippen LogP contribution in [0.15, 0.2) is 41.1 Å². The number of carboxylic acid groups (broad SMARTS) is 1. The number of aromatic nitrogens is 1. The number of carbonyl (C=O) groups is 2. The lowest BCUT2D eigenvalue weighted by Gasteiger charge is -2.09. The quantitative estimate of drug-likeness (QED) is 0.790. The zero-order chi connectivity index (χ0) is 15.4. The van der Waals surface area contributed by atoms with Gasteiger partial charge in [-0.1, -0.05) is 0 Å². The highest BCUT2D eigenvalue weighted by Crippen LogP contribution is 2.21. The van der Waals surface area contributed by atoms with E-state index >= 15 is 0 Å². The number of pyridine rings is 1. The maximum absolute atomic E-state index is 11.9. The predicted molar refractivity (Wildman–Crippen MR) is 82.7 cm³/mol. The molecule has 2 amide bonds. The lowest BCUT2D eigenvalue weighted by atomic mass is 10.2. The fourth-order valence-corrected chi connectivity index (χ4v) is 2.10. The molecule has 3 N–H and O–H groups in total. The van der Waals surface area contributed by atoms with Crippen molar-refractivity contribution in [1.82, 2.24) is 4.98 Å². The maximum Gasteiger partial charge on any atom is 0.336 e. The molecular weight excluding hydrogens is 338 g/mol. The van der Waals surface area contributed by atoms with E-state index in [1.54, 1.807) is 24.4 Å². The molecule has 2 aromatic rings. The van der Waals surface area contributed by atoms with Gasteiger partial charge in [0.05, 0.1) is 17.4 Å². The molecule has 2 rings (SSSR count). The molecule has 0 unspecified atom stereocenters. The van der Waals surface area contributed by atoms with Crippen LogP contribution in [0.3, 0.4) is 0 Å². The van der Waals surface area contributed by atoms with Gasteiger partial charge in [-0.15, -0.1) is 0 Å². The van der Waals surface area contributed by atoms with Gasteiger partial charge in [0.25, 0.3) is 0 Å². The van der Waals surface area contributed by atoms with Gasteiger partial charge < -0.3 is 15.7 Å². The van der Waals surface area contributed by atoms with E-state index in [9.17, 15) is 9.59 Å². The van der Waals surface area contributed by atoms with Crippen molar-refractivity contribution in [3.63, 3.8) is 0 Å². The van der Waals surface area contributed by atoms with Gasteiger partial charge in [-0.05, 0) is 52.7 Å². The number of halogens is 1. The molecule has 6 nitrogen and oxygen atoms in total. The van der Waals surface area contributed by atoms with Crippen LogP contribution in [0.2, 0.25) is 0 Å². The first-order chi connectivity index (χ1) is 9.95. The van der Waals surface area contributed by atoms with Gasteiger partial charge in [-0.2, -0.15) is 0 Å². The van der Waals surface area contributed by atoms with E-state index in [0.29, 0.717) is 15.8 Å². The average Bonchev–Trinajstić information content (AvgIpc) is 2.40. The van der Waals surface area contributed by atoms with Gasteiger partial charge in [0.2, 0.25) is 0 Å². The molecule has 0 atom stereocenters. The molecule has 0 radical (unpaired) electrons. The predicted octanol–water partition coefficient (Wildman–Crippen LogP) is 3.49. The van der Waals surface area contributed by atoms with Gasteiger partial charge in [0.1, 0.15) is 0 Å². The maximum atomic E-state index is 11.9. The van der Waals surface area contributed by atoms with Crippen LogP contribution in [0.4, 0.5) is 16.2 Å². The Morgan fingerprint density at radius 3 is 2.52 bits per heavy atom. The largest absolute Gasteiger partial charge is 0.478 e. The van der Waals surface area contributed by atoms with Crippen LogP contribution >= 0.6 is 15.9 Å². The lowest BCUT2D eigenvalue weighted by molar-refractivity contribution is 0.0696. The van der Waals surface area contributed by atoms with Gasteiger partial charge >= 0.3 is 12.0 Å². The van der Waals surface area contributed by atoms with Crippen LogP contribution in [0.1, 0.15) is 15.9 Å². The first-order valence-corrected chi connectivity index (χ1v) is 6.77. The number of anilines is 2. The Morgan fingerprint density at radius 1 is 1.14 bits per heavy atom. The van der Waals surface area contributed by atoms with E-state index in [1.807, 2.05) is 6.92 Å². The number of urea groups is 1. The van der Waals surface area contributed by atoms with E-state index in [0.717, 1.165) is 5.56 Å². The molecule has 1 aromatic heterocycles. The summed E-state index contributed by atoms with van der Waals surface area (Å²) < 4.78 is 0.448. The Bertz CT molecular complexity index is 704. The summed E-state index contributed by atoms with van der Waals surface area (Å²) in [7, 11) is 0. The molecular formula is C14H12BrN3O3. The molecule has 21 heavy (non-hydrogen) atoms. The highest BCUT2D eigenvalue weighted by molar-refractivity contribution is 9.10. The number of aromatic carboxylic acids is 1. The summed E-state index contributed by atoms with van der Waals surface area (Å²) in [5.41, 5.74) is 1.94. The third-order valence-corrected chi connectivity index (χ3v) is 3.28. The molecule has 0 spiro atoms. The van der Waals surface area contributed by atoms with Crippen LogP contribution in [-0.2, 0) is 0 Å². The minimum absolute atomic E-state index is 0.0741. The van der Waals surface area contributed by atoms with E-state index < -0.39 is 12.0 Å². The van der Waals surface area contributed by atoms with Crippen molar-refractivity contribution in [3.8, 4) is 0 Å². The van der Waals surface area contributed by atoms with Crippen molar-refractivity contribution in [2.45, 2.75) is 6.92 Å². The van der Waals surface area contributed by atoms with Crippen LogP contribution in [0, 0.1) is 6.92 Å². The van der Waals surface area contributed by atoms with Gasteiger partial charge in [0, 0.05) is 16.4 Å². The minimum atomic E-state index is -1.08. The summed E-state index contributed by atoms with van der Waals surface area (Å²) in [6.07, 6.45) is 3.20. The molecule has 0 saturated heterocycles. The molecule has 0 aliphatic heterocycles. The van der Waals surface area contributed by atoms with E-state index in [1.165, 1.54) is 12.3 Å². The van der Waals surface area contributed by atoms with Gasteiger partial charge in [-0.25, -0.2) is 9.59 Å². The normalized spacial score (nSPS) is 10.0. The lowest BCUT2D eigenvalue weighted by Crippen LogP contribution is -2.19. The molecule has 0 saturated carbocycles. The number of hydrogen-bond donors (Lipinski definition) is 3. The van der Waals surface area contributed by atoms with E-state index in [-0.39, 0.29) is 5.56 Å². The second kappa shape index (κ2) is 6.36. The third-order valence-electron chi connectivity index (χ3n) is 2.59. The first-order valence-electron chi connectivity index (χ1n) is 5.98. The van der Waals surface area contributed by atoms with Crippen LogP contribution in [-0.4, -0.2) is 22.1 Å². The molecule has 0 aliphatic rings. The molecule has 0 aliphatic carbocycles. The highest BCUT2D eigenvalue weighted by Gasteiger charge is 2.10. The number of benzene rings is 1. The van der Waals surface area contributed by atoms with Crippen molar-refractivity contribution in [2.75, 3.05) is 10.6 Å². The first kappa shape index (κ1) is 15.0. The summed E-state index contributed by atoms with van der Waals surface area (Å²) in [5, 5.41) is 14.2. The third kappa shape index (κ3) is 4.03. The standard InChI is InChI=1S/C14H12BrN3O3/c1-8-4-10(7-16-6-8)18-14(21)17-9-2-3-12(15)11(5-9)13(19)20/h2-7H,1H3,(H,19,20)(H2,17,18,21). The van der Waals surface area contributed by atoms with Crippen LogP contribution in [0.5, 0.6) is 0 Å².